The van der Waals surface area contributed by atoms with Crippen LogP contribution in [0.3, 0.4) is 0 Å². The zero-order valence-electron chi connectivity index (χ0n) is 18.1. The lowest BCUT2D eigenvalue weighted by molar-refractivity contribution is -0.128. The maximum atomic E-state index is 12.3. The monoisotopic (exact) mass is 393 g/mol. The van der Waals surface area contributed by atoms with Gasteiger partial charge in [0, 0.05) is 12.0 Å². The number of hydrogen-bond donors (Lipinski definition) is 1. The van der Waals surface area contributed by atoms with Gasteiger partial charge in [0.05, 0.1) is 24.2 Å². The summed E-state index contributed by atoms with van der Waals surface area (Å²) in [6, 6.07) is 14.3. The second-order valence-electron chi connectivity index (χ2n) is 8.57. The van der Waals surface area contributed by atoms with Gasteiger partial charge in [0.25, 0.3) is 0 Å². The van der Waals surface area contributed by atoms with Gasteiger partial charge < -0.3 is 14.6 Å². The third kappa shape index (κ3) is 5.17. The number of carbonyl (C=O) groups is 1. The fraction of sp³-hybridized carbons (Fsp3) is 0.417. The Bertz CT molecular complexity index is 999. The number of carbonyl (C=O) groups excluding carboxylic acids is 1. The van der Waals surface area contributed by atoms with Crippen molar-refractivity contribution in [1.29, 1.82) is 0 Å². The van der Waals surface area contributed by atoms with Crippen LogP contribution in [-0.2, 0) is 17.9 Å². The molecule has 0 aliphatic heterocycles. The number of nitrogens with one attached hydrogen (secondary N) is 1. The number of amides is 1. The standard InChI is InChI=1S/C24H31N3O2/c1-17-11-12-18(2)21(15-17)29-14-8-13-27-20-10-7-6-9-19(20)26-22(27)16-25-23(28)24(3,4)5/h6-7,9-12,15H,8,13-14,16H2,1-5H3,(H,25,28). The Morgan fingerprint density at radius 1 is 1.14 bits per heavy atom. The molecular formula is C24H31N3O2. The average molecular weight is 394 g/mol. The van der Waals surface area contributed by atoms with Crippen LogP contribution in [0, 0.1) is 19.3 Å². The van der Waals surface area contributed by atoms with E-state index in [1.54, 1.807) is 0 Å². The first-order chi connectivity index (χ1) is 13.8. The summed E-state index contributed by atoms with van der Waals surface area (Å²) < 4.78 is 8.19. The van der Waals surface area contributed by atoms with E-state index in [-0.39, 0.29) is 5.91 Å². The molecule has 5 nitrogen and oxygen atoms in total. The summed E-state index contributed by atoms with van der Waals surface area (Å²) in [5, 5.41) is 3.02. The van der Waals surface area contributed by atoms with Crippen molar-refractivity contribution in [1.82, 2.24) is 14.9 Å². The number of hydrogen-bond acceptors (Lipinski definition) is 3. The van der Waals surface area contributed by atoms with Crippen LogP contribution in [0.5, 0.6) is 5.75 Å². The van der Waals surface area contributed by atoms with Gasteiger partial charge >= 0.3 is 0 Å². The van der Waals surface area contributed by atoms with E-state index < -0.39 is 5.41 Å². The highest BCUT2D eigenvalue weighted by Crippen LogP contribution is 2.20. The fourth-order valence-electron chi connectivity index (χ4n) is 3.20. The van der Waals surface area contributed by atoms with Crippen molar-refractivity contribution in [3.63, 3.8) is 0 Å². The van der Waals surface area contributed by atoms with E-state index in [1.165, 1.54) is 5.56 Å². The number of benzene rings is 2. The van der Waals surface area contributed by atoms with Gasteiger partial charge in [0.1, 0.15) is 11.6 Å². The molecule has 0 saturated carbocycles. The fourth-order valence-corrected chi connectivity index (χ4v) is 3.20. The molecule has 1 amide bonds. The van der Waals surface area contributed by atoms with Crippen LogP contribution < -0.4 is 10.1 Å². The third-order valence-electron chi connectivity index (χ3n) is 4.95. The van der Waals surface area contributed by atoms with Crippen molar-refractivity contribution in [3.8, 4) is 5.75 Å². The van der Waals surface area contributed by atoms with E-state index in [0.29, 0.717) is 13.2 Å². The molecule has 3 aromatic rings. The largest absolute Gasteiger partial charge is 0.493 e. The van der Waals surface area contributed by atoms with Gasteiger partial charge in [-0.2, -0.15) is 0 Å². The van der Waals surface area contributed by atoms with Crippen LogP contribution in [0.15, 0.2) is 42.5 Å². The molecule has 0 unspecified atom stereocenters. The van der Waals surface area contributed by atoms with Crippen LogP contribution >= 0.6 is 0 Å². The van der Waals surface area contributed by atoms with E-state index >= 15 is 0 Å². The molecule has 0 aliphatic rings. The molecule has 0 fully saturated rings. The average Bonchev–Trinajstić information content (AvgIpc) is 3.02. The Morgan fingerprint density at radius 3 is 2.66 bits per heavy atom. The Kier molecular flexibility index (Phi) is 6.26. The summed E-state index contributed by atoms with van der Waals surface area (Å²) in [4.78, 5) is 17.0. The van der Waals surface area contributed by atoms with Gasteiger partial charge in [0.2, 0.25) is 5.91 Å². The molecule has 0 spiro atoms. The SMILES string of the molecule is Cc1ccc(C)c(OCCCn2c(CNC(=O)C(C)(C)C)nc3ccccc32)c1. The van der Waals surface area contributed by atoms with Crippen molar-refractivity contribution in [2.45, 2.75) is 54.1 Å². The number of aromatic nitrogens is 2. The number of imidazole rings is 1. The quantitative estimate of drug-likeness (QED) is 0.588. The summed E-state index contributed by atoms with van der Waals surface area (Å²) in [7, 11) is 0. The third-order valence-corrected chi connectivity index (χ3v) is 4.95. The van der Waals surface area contributed by atoms with E-state index in [1.807, 2.05) is 39.0 Å². The van der Waals surface area contributed by atoms with E-state index in [2.05, 4.69) is 48.0 Å². The number of para-hydroxylation sites is 2. The summed E-state index contributed by atoms with van der Waals surface area (Å²) >= 11 is 0. The first kappa shape index (κ1) is 20.9. The molecule has 154 valence electrons. The van der Waals surface area contributed by atoms with Crippen molar-refractivity contribution >= 4 is 16.9 Å². The maximum absolute atomic E-state index is 12.3. The zero-order chi connectivity index (χ0) is 21.0. The van der Waals surface area contributed by atoms with Crippen molar-refractivity contribution in [2.75, 3.05) is 6.61 Å². The molecule has 1 N–H and O–H groups in total. The van der Waals surface area contributed by atoms with Crippen molar-refractivity contribution in [2.24, 2.45) is 5.41 Å². The molecule has 5 heteroatoms. The second kappa shape index (κ2) is 8.68. The number of ether oxygens (including phenoxy) is 1. The molecule has 0 saturated heterocycles. The lowest BCUT2D eigenvalue weighted by atomic mass is 9.96. The van der Waals surface area contributed by atoms with Crippen LogP contribution in [0.2, 0.25) is 0 Å². The van der Waals surface area contributed by atoms with Gasteiger partial charge in [-0.25, -0.2) is 4.98 Å². The molecule has 3 rings (SSSR count). The first-order valence-electron chi connectivity index (χ1n) is 10.2. The molecule has 1 heterocycles. The van der Waals surface area contributed by atoms with E-state index in [0.717, 1.165) is 41.1 Å². The first-order valence-corrected chi connectivity index (χ1v) is 10.2. The summed E-state index contributed by atoms with van der Waals surface area (Å²) in [5.74, 6) is 1.84. The molecule has 0 radical (unpaired) electrons. The molecule has 0 atom stereocenters. The highest BCUT2D eigenvalue weighted by Gasteiger charge is 2.21. The summed E-state index contributed by atoms with van der Waals surface area (Å²) in [6.07, 6.45) is 0.855. The lowest BCUT2D eigenvalue weighted by Crippen LogP contribution is -2.35. The molecule has 0 bridgehead atoms. The normalized spacial score (nSPS) is 11.6. The molecule has 1 aromatic heterocycles. The van der Waals surface area contributed by atoms with Crippen LogP contribution in [0.1, 0.15) is 44.1 Å². The minimum absolute atomic E-state index is 0.0226. The Morgan fingerprint density at radius 2 is 1.90 bits per heavy atom. The zero-order valence-corrected chi connectivity index (χ0v) is 18.1. The van der Waals surface area contributed by atoms with Crippen LogP contribution in [0.25, 0.3) is 11.0 Å². The molecule has 2 aromatic carbocycles. The summed E-state index contributed by atoms with van der Waals surface area (Å²) in [6.45, 7) is 11.7. The molecule has 29 heavy (non-hydrogen) atoms. The predicted octanol–water partition coefficient (Wildman–Crippen LogP) is 4.78. The summed E-state index contributed by atoms with van der Waals surface area (Å²) in [5.41, 5.74) is 3.95. The minimum Gasteiger partial charge on any atom is -0.493 e. The highest BCUT2D eigenvalue weighted by atomic mass is 16.5. The van der Waals surface area contributed by atoms with E-state index in [4.69, 9.17) is 9.72 Å². The minimum atomic E-state index is -0.420. The highest BCUT2D eigenvalue weighted by molar-refractivity contribution is 5.81. The topological polar surface area (TPSA) is 56.1 Å². The lowest BCUT2D eigenvalue weighted by Gasteiger charge is -2.18. The molecule has 0 aliphatic carbocycles. The smallest absolute Gasteiger partial charge is 0.225 e. The van der Waals surface area contributed by atoms with Gasteiger partial charge in [-0.1, -0.05) is 45.0 Å². The van der Waals surface area contributed by atoms with Gasteiger partial charge in [-0.15, -0.1) is 0 Å². The Labute approximate surface area is 173 Å². The Balaban J connectivity index is 1.69. The second-order valence-corrected chi connectivity index (χ2v) is 8.57. The van der Waals surface area contributed by atoms with Crippen LogP contribution in [-0.4, -0.2) is 22.1 Å². The van der Waals surface area contributed by atoms with E-state index in [9.17, 15) is 4.79 Å². The van der Waals surface area contributed by atoms with Gasteiger partial charge in [0.15, 0.2) is 0 Å². The number of aryl methyl sites for hydroxylation is 3. The van der Waals surface area contributed by atoms with Gasteiger partial charge in [-0.05, 0) is 49.6 Å². The van der Waals surface area contributed by atoms with Crippen LogP contribution in [0.4, 0.5) is 0 Å². The maximum Gasteiger partial charge on any atom is 0.225 e. The predicted molar refractivity (Wildman–Crippen MR) is 117 cm³/mol. The molecular weight excluding hydrogens is 362 g/mol. The number of rotatable bonds is 7. The number of nitrogens with zero attached hydrogens (tertiary/aromatic N) is 2. The van der Waals surface area contributed by atoms with Gasteiger partial charge in [-0.3, -0.25) is 4.79 Å². The number of fused-ring (bicyclic) bond motifs is 1. The Hall–Kier alpha value is -2.82. The van der Waals surface area contributed by atoms with Crippen molar-refractivity contribution in [3.05, 3.63) is 59.4 Å². The van der Waals surface area contributed by atoms with Crippen molar-refractivity contribution < 1.29 is 9.53 Å².